The number of benzene rings is 2. The van der Waals surface area contributed by atoms with Gasteiger partial charge in [0.15, 0.2) is 0 Å². The van der Waals surface area contributed by atoms with E-state index >= 15 is 0 Å². The van der Waals surface area contributed by atoms with Gasteiger partial charge in [-0.25, -0.2) is 0 Å². The van der Waals surface area contributed by atoms with E-state index in [0.29, 0.717) is 6.54 Å². The van der Waals surface area contributed by atoms with E-state index < -0.39 is 0 Å². The van der Waals surface area contributed by atoms with E-state index in [9.17, 15) is 9.59 Å². The Balaban J connectivity index is 2.08. The highest BCUT2D eigenvalue weighted by Crippen LogP contribution is 2.23. The summed E-state index contributed by atoms with van der Waals surface area (Å²) in [5.41, 5.74) is 5.96. The van der Waals surface area contributed by atoms with Gasteiger partial charge in [0.1, 0.15) is 0 Å². The topological polar surface area (TPSA) is 49.4 Å². The average Bonchev–Trinajstić information content (AvgIpc) is 2.52. The fourth-order valence-corrected chi connectivity index (χ4v) is 2.98. The molecule has 0 aromatic heterocycles. The highest BCUT2D eigenvalue weighted by molar-refractivity contribution is 5.96. The van der Waals surface area contributed by atoms with Crippen molar-refractivity contribution >= 4 is 23.2 Å². The fourth-order valence-electron chi connectivity index (χ4n) is 2.98. The zero-order valence-corrected chi connectivity index (χ0v) is 15.6. The molecule has 132 valence electrons. The Morgan fingerprint density at radius 3 is 2.16 bits per heavy atom. The van der Waals surface area contributed by atoms with Crippen LogP contribution in [0.25, 0.3) is 0 Å². The summed E-state index contributed by atoms with van der Waals surface area (Å²) >= 11 is 0. The first-order valence-electron chi connectivity index (χ1n) is 8.51. The zero-order valence-electron chi connectivity index (χ0n) is 15.6. The third-order valence-electron chi connectivity index (χ3n) is 4.33. The minimum Gasteiger partial charge on any atom is -0.326 e. The minimum atomic E-state index is -0.0894. The fraction of sp³-hybridized carbons (Fsp3) is 0.333. The molecule has 0 heterocycles. The molecule has 0 aliphatic rings. The number of para-hydroxylation sites is 1. The van der Waals surface area contributed by atoms with Crippen molar-refractivity contribution in [1.82, 2.24) is 0 Å². The summed E-state index contributed by atoms with van der Waals surface area (Å²) in [4.78, 5) is 26.1. The number of carbonyl (C=O) groups excluding carboxylic acids is 2. The standard InChI is InChI=1S/C21H26N2O2/c1-14-9-10-19(17(4)13-14)23(18(5)24)12-11-20(25)22-21-15(2)7-6-8-16(21)3/h6-10,13H,11-12H2,1-5H3,(H,22,25). The second-order valence-electron chi connectivity index (χ2n) is 6.53. The third-order valence-corrected chi connectivity index (χ3v) is 4.33. The van der Waals surface area contributed by atoms with Gasteiger partial charge in [0.25, 0.3) is 0 Å². The van der Waals surface area contributed by atoms with Gasteiger partial charge in [0, 0.05) is 31.3 Å². The zero-order chi connectivity index (χ0) is 18.6. The molecule has 0 bridgehead atoms. The van der Waals surface area contributed by atoms with E-state index in [4.69, 9.17) is 0 Å². The summed E-state index contributed by atoms with van der Waals surface area (Å²) in [5.74, 6) is -0.153. The van der Waals surface area contributed by atoms with Crippen LogP contribution in [0, 0.1) is 27.7 Å². The lowest BCUT2D eigenvalue weighted by atomic mass is 10.1. The van der Waals surface area contributed by atoms with Crippen molar-refractivity contribution in [3.05, 3.63) is 58.7 Å². The molecule has 0 atom stereocenters. The van der Waals surface area contributed by atoms with E-state index in [1.165, 1.54) is 6.92 Å². The summed E-state index contributed by atoms with van der Waals surface area (Å²) in [6.45, 7) is 9.83. The van der Waals surface area contributed by atoms with Gasteiger partial charge in [-0.15, -0.1) is 0 Å². The Kier molecular flexibility index (Phi) is 5.97. The predicted octanol–water partition coefficient (Wildman–Crippen LogP) is 4.30. The molecule has 0 aliphatic heterocycles. The summed E-state index contributed by atoms with van der Waals surface area (Å²) in [5, 5.41) is 2.97. The lowest BCUT2D eigenvalue weighted by Crippen LogP contribution is -2.32. The Hall–Kier alpha value is -2.62. The molecule has 2 aromatic rings. The monoisotopic (exact) mass is 338 g/mol. The molecule has 0 saturated carbocycles. The van der Waals surface area contributed by atoms with Gasteiger partial charge >= 0.3 is 0 Å². The first kappa shape index (κ1) is 18.7. The average molecular weight is 338 g/mol. The molecular weight excluding hydrogens is 312 g/mol. The van der Waals surface area contributed by atoms with Crippen LogP contribution in [-0.4, -0.2) is 18.4 Å². The van der Waals surface area contributed by atoms with Crippen LogP contribution < -0.4 is 10.2 Å². The van der Waals surface area contributed by atoms with E-state index in [1.54, 1.807) is 4.90 Å². The van der Waals surface area contributed by atoms with Crippen molar-refractivity contribution < 1.29 is 9.59 Å². The van der Waals surface area contributed by atoms with Gasteiger partial charge in [0.2, 0.25) is 11.8 Å². The molecule has 0 unspecified atom stereocenters. The molecule has 0 radical (unpaired) electrons. The summed E-state index contributed by atoms with van der Waals surface area (Å²) < 4.78 is 0. The van der Waals surface area contributed by atoms with E-state index in [1.807, 2.05) is 64.1 Å². The van der Waals surface area contributed by atoms with Crippen LogP contribution in [0.5, 0.6) is 0 Å². The first-order valence-corrected chi connectivity index (χ1v) is 8.51. The SMILES string of the molecule is CC(=O)N(CCC(=O)Nc1c(C)cccc1C)c1ccc(C)cc1C. The second-order valence-corrected chi connectivity index (χ2v) is 6.53. The Morgan fingerprint density at radius 2 is 1.60 bits per heavy atom. The molecule has 4 heteroatoms. The Bertz CT molecular complexity index is 776. The molecule has 0 fully saturated rings. The van der Waals surface area contributed by atoms with Gasteiger partial charge in [-0.2, -0.15) is 0 Å². The summed E-state index contributed by atoms with van der Waals surface area (Å²) in [7, 11) is 0. The van der Waals surface area contributed by atoms with Gasteiger partial charge in [-0.1, -0.05) is 35.9 Å². The summed E-state index contributed by atoms with van der Waals surface area (Å²) in [6, 6.07) is 11.9. The maximum Gasteiger partial charge on any atom is 0.226 e. The molecular formula is C21H26N2O2. The maximum atomic E-state index is 12.4. The van der Waals surface area contributed by atoms with Gasteiger partial charge in [0.05, 0.1) is 0 Å². The van der Waals surface area contributed by atoms with E-state index in [-0.39, 0.29) is 18.2 Å². The quantitative estimate of drug-likeness (QED) is 0.883. The van der Waals surface area contributed by atoms with Gasteiger partial charge < -0.3 is 10.2 Å². The van der Waals surface area contributed by atoms with E-state index in [0.717, 1.165) is 33.6 Å². The van der Waals surface area contributed by atoms with Gasteiger partial charge in [-0.3, -0.25) is 9.59 Å². The van der Waals surface area contributed by atoms with Crippen LogP contribution in [0.1, 0.15) is 35.6 Å². The van der Waals surface area contributed by atoms with Gasteiger partial charge in [-0.05, 0) is 50.5 Å². The molecule has 2 amide bonds. The van der Waals surface area contributed by atoms with Crippen LogP contribution in [0.15, 0.2) is 36.4 Å². The number of amides is 2. The van der Waals surface area contributed by atoms with Crippen molar-refractivity contribution in [3.8, 4) is 0 Å². The van der Waals surface area contributed by atoms with Crippen LogP contribution >= 0.6 is 0 Å². The maximum absolute atomic E-state index is 12.4. The van der Waals surface area contributed by atoms with Crippen LogP contribution in [0.3, 0.4) is 0 Å². The lowest BCUT2D eigenvalue weighted by Gasteiger charge is -2.23. The smallest absolute Gasteiger partial charge is 0.226 e. The summed E-state index contributed by atoms with van der Waals surface area (Å²) in [6.07, 6.45) is 0.251. The van der Waals surface area contributed by atoms with Crippen LogP contribution in [0.2, 0.25) is 0 Å². The highest BCUT2D eigenvalue weighted by Gasteiger charge is 2.16. The number of nitrogens with zero attached hydrogens (tertiary/aromatic N) is 1. The van der Waals surface area contributed by atoms with Crippen molar-refractivity contribution in [2.45, 2.75) is 41.0 Å². The number of aryl methyl sites for hydroxylation is 4. The number of carbonyl (C=O) groups is 2. The number of rotatable bonds is 5. The Morgan fingerprint density at radius 1 is 0.960 bits per heavy atom. The molecule has 4 nitrogen and oxygen atoms in total. The second kappa shape index (κ2) is 7.97. The third kappa shape index (κ3) is 4.69. The lowest BCUT2D eigenvalue weighted by molar-refractivity contribution is -0.117. The van der Waals surface area contributed by atoms with Crippen molar-refractivity contribution in [3.63, 3.8) is 0 Å². The van der Waals surface area contributed by atoms with Crippen molar-refractivity contribution in [1.29, 1.82) is 0 Å². The minimum absolute atomic E-state index is 0.0631. The number of anilines is 2. The molecule has 0 spiro atoms. The molecule has 1 N–H and O–H groups in total. The predicted molar refractivity (Wildman–Crippen MR) is 103 cm³/mol. The highest BCUT2D eigenvalue weighted by atomic mass is 16.2. The number of hydrogen-bond donors (Lipinski definition) is 1. The number of nitrogens with one attached hydrogen (secondary N) is 1. The van der Waals surface area contributed by atoms with Crippen molar-refractivity contribution in [2.75, 3.05) is 16.8 Å². The molecule has 0 aliphatic carbocycles. The molecule has 0 saturated heterocycles. The molecule has 25 heavy (non-hydrogen) atoms. The van der Waals surface area contributed by atoms with Crippen LogP contribution in [0.4, 0.5) is 11.4 Å². The Labute approximate surface area is 149 Å². The largest absolute Gasteiger partial charge is 0.326 e. The molecule has 2 aromatic carbocycles. The number of hydrogen-bond acceptors (Lipinski definition) is 2. The van der Waals surface area contributed by atoms with Crippen molar-refractivity contribution in [2.24, 2.45) is 0 Å². The van der Waals surface area contributed by atoms with Crippen LogP contribution in [-0.2, 0) is 9.59 Å². The van der Waals surface area contributed by atoms with E-state index in [2.05, 4.69) is 5.32 Å². The molecule has 2 rings (SSSR count). The normalized spacial score (nSPS) is 10.4. The first-order chi connectivity index (χ1) is 11.8.